The van der Waals surface area contributed by atoms with Crippen molar-refractivity contribution in [1.29, 1.82) is 0 Å². The standard InChI is InChI=1S/C10H11N7S/c1-2-7(10-11-5-6-18-10)12-8-3-4-9-13-15-16-17(9)14-8/h3-7H,2H2,1H3,(H,12,14). The molecule has 0 spiro atoms. The molecule has 0 aliphatic rings. The number of hydrogen-bond acceptors (Lipinski definition) is 7. The Morgan fingerprint density at radius 2 is 2.39 bits per heavy atom. The van der Waals surface area contributed by atoms with Crippen LogP contribution in [0.1, 0.15) is 24.4 Å². The molecule has 0 aliphatic carbocycles. The van der Waals surface area contributed by atoms with Crippen LogP contribution in [0.15, 0.2) is 23.7 Å². The number of fused-ring (bicyclic) bond motifs is 1. The highest BCUT2D eigenvalue weighted by Crippen LogP contribution is 2.22. The third-order valence-electron chi connectivity index (χ3n) is 2.55. The first-order valence-electron chi connectivity index (χ1n) is 5.58. The third-order valence-corrected chi connectivity index (χ3v) is 3.44. The summed E-state index contributed by atoms with van der Waals surface area (Å²) in [5.74, 6) is 0.733. The van der Waals surface area contributed by atoms with Crippen molar-refractivity contribution in [2.24, 2.45) is 0 Å². The summed E-state index contributed by atoms with van der Waals surface area (Å²) in [7, 11) is 0. The average molecular weight is 261 g/mol. The normalized spacial score (nSPS) is 12.7. The third kappa shape index (κ3) is 2.02. The molecule has 0 bridgehead atoms. The zero-order valence-corrected chi connectivity index (χ0v) is 10.5. The second-order valence-corrected chi connectivity index (χ2v) is 4.65. The monoisotopic (exact) mass is 261 g/mol. The highest BCUT2D eigenvalue weighted by Gasteiger charge is 2.12. The summed E-state index contributed by atoms with van der Waals surface area (Å²) in [6.45, 7) is 2.11. The molecule has 0 saturated carbocycles. The first-order valence-corrected chi connectivity index (χ1v) is 6.46. The molecular weight excluding hydrogens is 250 g/mol. The van der Waals surface area contributed by atoms with Gasteiger partial charge in [0.25, 0.3) is 0 Å². The summed E-state index contributed by atoms with van der Waals surface area (Å²) < 4.78 is 1.40. The van der Waals surface area contributed by atoms with Gasteiger partial charge in [0, 0.05) is 11.6 Å². The van der Waals surface area contributed by atoms with Crippen LogP contribution < -0.4 is 5.32 Å². The Hall–Kier alpha value is -2.09. The molecule has 0 saturated heterocycles. The largest absolute Gasteiger partial charge is 0.359 e. The Bertz CT molecular complexity index is 633. The van der Waals surface area contributed by atoms with E-state index >= 15 is 0 Å². The molecule has 1 unspecified atom stereocenters. The van der Waals surface area contributed by atoms with Crippen molar-refractivity contribution < 1.29 is 0 Å². The summed E-state index contributed by atoms with van der Waals surface area (Å²) in [6, 6.07) is 3.85. The van der Waals surface area contributed by atoms with E-state index in [1.807, 2.05) is 23.7 Å². The van der Waals surface area contributed by atoms with Gasteiger partial charge in [0.2, 0.25) is 0 Å². The topological polar surface area (TPSA) is 80.9 Å². The second-order valence-electron chi connectivity index (χ2n) is 3.72. The lowest BCUT2D eigenvalue weighted by molar-refractivity contribution is 0.705. The Balaban J connectivity index is 1.86. The lowest BCUT2D eigenvalue weighted by Crippen LogP contribution is -2.11. The fraction of sp³-hybridized carbons (Fsp3) is 0.300. The first-order chi connectivity index (χ1) is 8.86. The van der Waals surface area contributed by atoms with Gasteiger partial charge in [-0.1, -0.05) is 6.92 Å². The number of rotatable bonds is 4. The van der Waals surface area contributed by atoms with Crippen LogP contribution in [0, 0.1) is 0 Å². The average Bonchev–Trinajstić information content (AvgIpc) is 3.06. The van der Waals surface area contributed by atoms with Crippen LogP contribution >= 0.6 is 11.3 Å². The molecule has 92 valence electrons. The van der Waals surface area contributed by atoms with Crippen molar-refractivity contribution in [2.75, 3.05) is 5.32 Å². The van der Waals surface area contributed by atoms with E-state index in [0.717, 1.165) is 17.2 Å². The van der Waals surface area contributed by atoms with Crippen molar-refractivity contribution in [3.05, 3.63) is 28.7 Å². The fourth-order valence-electron chi connectivity index (χ4n) is 1.65. The van der Waals surface area contributed by atoms with E-state index in [2.05, 4.69) is 37.8 Å². The number of tetrazole rings is 1. The number of nitrogens with zero attached hydrogens (tertiary/aromatic N) is 6. The van der Waals surface area contributed by atoms with Crippen LogP contribution in [0.4, 0.5) is 5.82 Å². The molecule has 3 rings (SSSR count). The number of aromatic nitrogens is 6. The molecule has 1 N–H and O–H groups in total. The maximum absolute atomic E-state index is 4.32. The minimum Gasteiger partial charge on any atom is -0.359 e. The van der Waals surface area contributed by atoms with Gasteiger partial charge in [0.05, 0.1) is 6.04 Å². The highest BCUT2D eigenvalue weighted by molar-refractivity contribution is 7.09. The zero-order valence-electron chi connectivity index (χ0n) is 9.69. The first kappa shape index (κ1) is 11.0. The predicted molar refractivity (Wildman–Crippen MR) is 67.3 cm³/mol. The number of hydrogen-bond donors (Lipinski definition) is 1. The van der Waals surface area contributed by atoms with Gasteiger partial charge in [-0.2, -0.15) is 0 Å². The van der Waals surface area contributed by atoms with E-state index < -0.39 is 0 Å². The summed E-state index contributed by atoms with van der Waals surface area (Å²) in [4.78, 5) is 4.32. The fourth-order valence-corrected chi connectivity index (χ4v) is 2.42. The van der Waals surface area contributed by atoms with Gasteiger partial charge in [0.1, 0.15) is 10.8 Å². The number of anilines is 1. The smallest absolute Gasteiger partial charge is 0.200 e. The van der Waals surface area contributed by atoms with Gasteiger partial charge in [-0.15, -0.1) is 26.2 Å². The lowest BCUT2D eigenvalue weighted by Gasteiger charge is -2.14. The highest BCUT2D eigenvalue weighted by atomic mass is 32.1. The van der Waals surface area contributed by atoms with Crippen molar-refractivity contribution in [1.82, 2.24) is 30.2 Å². The van der Waals surface area contributed by atoms with Crippen molar-refractivity contribution in [2.45, 2.75) is 19.4 Å². The Labute approximate surface area is 107 Å². The molecule has 8 heteroatoms. The van der Waals surface area contributed by atoms with Crippen molar-refractivity contribution in [3.8, 4) is 0 Å². The van der Waals surface area contributed by atoms with Gasteiger partial charge < -0.3 is 5.32 Å². The van der Waals surface area contributed by atoms with Crippen LogP contribution in [-0.2, 0) is 0 Å². The van der Waals surface area contributed by atoms with E-state index in [-0.39, 0.29) is 6.04 Å². The minimum absolute atomic E-state index is 0.159. The molecule has 3 aromatic heterocycles. The van der Waals surface area contributed by atoms with E-state index in [0.29, 0.717) is 5.65 Å². The molecule has 3 heterocycles. The summed E-state index contributed by atoms with van der Waals surface area (Å²) in [5, 5.41) is 21.8. The van der Waals surface area contributed by atoms with Gasteiger partial charge in [-0.3, -0.25) is 0 Å². The van der Waals surface area contributed by atoms with Crippen LogP contribution in [0.5, 0.6) is 0 Å². The van der Waals surface area contributed by atoms with E-state index in [4.69, 9.17) is 0 Å². The minimum atomic E-state index is 0.159. The Morgan fingerprint density at radius 3 is 3.17 bits per heavy atom. The van der Waals surface area contributed by atoms with E-state index in [1.165, 1.54) is 4.63 Å². The van der Waals surface area contributed by atoms with Gasteiger partial charge in [-0.25, -0.2) is 4.98 Å². The van der Waals surface area contributed by atoms with Gasteiger partial charge in [-0.05, 0) is 29.0 Å². The van der Waals surface area contributed by atoms with Crippen LogP contribution in [0.25, 0.3) is 5.65 Å². The van der Waals surface area contributed by atoms with Gasteiger partial charge in [0.15, 0.2) is 5.65 Å². The summed E-state index contributed by atoms with van der Waals surface area (Å²) >= 11 is 1.63. The molecule has 0 aliphatic heterocycles. The Kier molecular flexibility index (Phi) is 2.85. The molecular formula is C10H11N7S. The number of thiazole rings is 1. The van der Waals surface area contributed by atoms with Gasteiger partial charge >= 0.3 is 0 Å². The quantitative estimate of drug-likeness (QED) is 0.767. The number of nitrogens with one attached hydrogen (secondary N) is 1. The van der Waals surface area contributed by atoms with Crippen LogP contribution in [0.3, 0.4) is 0 Å². The molecule has 1 atom stereocenters. The maximum Gasteiger partial charge on any atom is 0.200 e. The van der Waals surface area contributed by atoms with Crippen LogP contribution in [-0.4, -0.2) is 30.2 Å². The summed E-state index contributed by atoms with van der Waals surface area (Å²) in [5.41, 5.74) is 0.628. The Morgan fingerprint density at radius 1 is 1.44 bits per heavy atom. The summed E-state index contributed by atoms with van der Waals surface area (Å²) in [6.07, 6.45) is 2.74. The molecule has 7 nitrogen and oxygen atoms in total. The molecule has 0 aromatic carbocycles. The molecule has 3 aromatic rings. The predicted octanol–water partition coefficient (Wildman–Crippen LogP) is 1.54. The lowest BCUT2D eigenvalue weighted by atomic mass is 10.2. The second kappa shape index (κ2) is 4.65. The van der Waals surface area contributed by atoms with E-state index in [1.54, 1.807) is 11.3 Å². The van der Waals surface area contributed by atoms with E-state index in [9.17, 15) is 0 Å². The van der Waals surface area contributed by atoms with Crippen molar-refractivity contribution in [3.63, 3.8) is 0 Å². The maximum atomic E-state index is 4.32. The SMILES string of the molecule is CCC(Nc1ccc2nnnn2n1)c1nccs1. The molecule has 0 radical (unpaired) electrons. The molecule has 18 heavy (non-hydrogen) atoms. The molecule has 0 amide bonds. The molecule has 0 fully saturated rings. The zero-order chi connectivity index (χ0) is 12.4. The van der Waals surface area contributed by atoms with Crippen LogP contribution in [0.2, 0.25) is 0 Å². The van der Waals surface area contributed by atoms with Crippen molar-refractivity contribution >= 4 is 22.8 Å².